The summed E-state index contributed by atoms with van der Waals surface area (Å²) in [5.41, 5.74) is 16.0. The number of nitrogens with zero attached hydrogens (tertiary/aromatic N) is 4. The zero-order chi connectivity index (χ0) is 21.6. The first kappa shape index (κ1) is 20.0. The second kappa shape index (κ2) is 7.51. The number of ketones is 1. The standard InChI is InChI=1S/C21H18Cl2N6O/c1-28-9-17(24)19(26-28)15-7-11(22)3-5-13(15)21(30)14-6-4-12(23)8-16(14)20-18(25)10-29(2)27-20/h3-10H,24-25H2,1-2H3. The fourth-order valence-corrected chi connectivity index (χ4v) is 3.74. The Labute approximate surface area is 182 Å². The number of nitrogens with two attached hydrogens (primary N) is 2. The van der Waals surface area contributed by atoms with Gasteiger partial charge in [-0.2, -0.15) is 10.2 Å². The molecule has 4 N–H and O–H groups in total. The van der Waals surface area contributed by atoms with Gasteiger partial charge in [0.05, 0.1) is 11.4 Å². The van der Waals surface area contributed by atoms with Crippen LogP contribution in [0, 0.1) is 0 Å². The maximum atomic E-state index is 13.7. The van der Waals surface area contributed by atoms with Crippen LogP contribution in [0.3, 0.4) is 0 Å². The summed E-state index contributed by atoms with van der Waals surface area (Å²) in [6.07, 6.45) is 3.35. The van der Waals surface area contributed by atoms with Gasteiger partial charge in [-0.05, 0) is 36.4 Å². The first-order chi connectivity index (χ1) is 14.2. The van der Waals surface area contributed by atoms with E-state index in [0.29, 0.717) is 55.1 Å². The van der Waals surface area contributed by atoms with Gasteiger partial charge >= 0.3 is 0 Å². The molecule has 4 rings (SSSR count). The Morgan fingerprint density at radius 2 is 1.20 bits per heavy atom. The van der Waals surface area contributed by atoms with Gasteiger partial charge < -0.3 is 11.5 Å². The van der Waals surface area contributed by atoms with E-state index in [0.717, 1.165) is 0 Å². The normalized spacial score (nSPS) is 11.1. The van der Waals surface area contributed by atoms with E-state index >= 15 is 0 Å². The summed E-state index contributed by atoms with van der Waals surface area (Å²) in [7, 11) is 3.51. The number of benzene rings is 2. The Hall–Kier alpha value is -3.29. The van der Waals surface area contributed by atoms with Crippen molar-refractivity contribution in [3.63, 3.8) is 0 Å². The largest absolute Gasteiger partial charge is 0.396 e. The van der Waals surface area contributed by atoms with Crippen LogP contribution in [0.4, 0.5) is 11.4 Å². The average Bonchev–Trinajstić information content (AvgIpc) is 3.20. The maximum Gasteiger partial charge on any atom is 0.194 e. The molecule has 2 heterocycles. The molecule has 0 saturated heterocycles. The van der Waals surface area contributed by atoms with Crippen molar-refractivity contribution in [3.05, 3.63) is 70.0 Å². The van der Waals surface area contributed by atoms with Crippen LogP contribution < -0.4 is 11.5 Å². The topological polar surface area (TPSA) is 105 Å². The third-order valence-corrected chi connectivity index (χ3v) is 5.15. The van der Waals surface area contributed by atoms with Gasteiger partial charge in [-0.15, -0.1) is 0 Å². The second-order valence-electron chi connectivity index (χ2n) is 6.92. The highest BCUT2D eigenvalue weighted by atomic mass is 35.5. The molecule has 0 amide bonds. The summed E-state index contributed by atoms with van der Waals surface area (Å²) in [5, 5.41) is 9.73. The van der Waals surface area contributed by atoms with Crippen molar-refractivity contribution in [2.24, 2.45) is 14.1 Å². The van der Waals surface area contributed by atoms with E-state index in [1.165, 1.54) is 0 Å². The van der Waals surface area contributed by atoms with Crippen LogP contribution in [0.15, 0.2) is 48.8 Å². The van der Waals surface area contributed by atoms with Gasteiger partial charge in [-0.25, -0.2) is 0 Å². The highest BCUT2D eigenvalue weighted by Gasteiger charge is 2.23. The molecule has 0 atom stereocenters. The van der Waals surface area contributed by atoms with Gasteiger partial charge in [0, 0.05) is 58.8 Å². The summed E-state index contributed by atoms with van der Waals surface area (Å²) in [5.74, 6) is -0.247. The molecule has 152 valence electrons. The van der Waals surface area contributed by atoms with Crippen LogP contribution in [0.25, 0.3) is 22.5 Å². The average molecular weight is 441 g/mol. The number of nitrogen functional groups attached to an aromatic ring is 2. The zero-order valence-electron chi connectivity index (χ0n) is 16.2. The minimum absolute atomic E-state index is 0.247. The molecule has 2 aromatic heterocycles. The van der Waals surface area contributed by atoms with Gasteiger partial charge in [0.1, 0.15) is 11.4 Å². The maximum absolute atomic E-state index is 13.7. The zero-order valence-corrected chi connectivity index (χ0v) is 17.7. The predicted molar refractivity (Wildman–Crippen MR) is 120 cm³/mol. The van der Waals surface area contributed by atoms with E-state index in [1.54, 1.807) is 72.3 Å². The first-order valence-electron chi connectivity index (χ1n) is 8.97. The summed E-state index contributed by atoms with van der Waals surface area (Å²) < 4.78 is 3.17. The molecule has 0 saturated carbocycles. The number of carbonyl (C=O) groups is 1. The molecular formula is C21H18Cl2N6O. The number of rotatable bonds is 4. The van der Waals surface area contributed by atoms with E-state index < -0.39 is 0 Å². The van der Waals surface area contributed by atoms with Crippen LogP contribution >= 0.6 is 23.2 Å². The second-order valence-corrected chi connectivity index (χ2v) is 7.80. The number of aromatic nitrogens is 4. The molecule has 0 unspecified atom stereocenters. The third kappa shape index (κ3) is 3.53. The van der Waals surface area contributed by atoms with Crippen molar-refractivity contribution in [2.75, 3.05) is 11.5 Å². The van der Waals surface area contributed by atoms with Crippen LogP contribution in [-0.2, 0) is 14.1 Å². The molecule has 2 aromatic carbocycles. The molecule has 0 aliphatic rings. The van der Waals surface area contributed by atoms with Crippen molar-refractivity contribution >= 4 is 40.4 Å². The lowest BCUT2D eigenvalue weighted by Crippen LogP contribution is -2.07. The van der Waals surface area contributed by atoms with Crippen LogP contribution in [-0.4, -0.2) is 25.3 Å². The number of halogens is 2. The van der Waals surface area contributed by atoms with E-state index in [2.05, 4.69) is 10.2 Å². The third-order valence-electron chi connectivity index (χ3n) is 4.68. The summed E-state index contributed by atoms with van der Waals surface area (Å²) in [6, 6.07) is 9.99. The number of carbonyl (C=O) groups excluding carboxylic acids is 1. The summed E-state index contributed by atoms with van der Waals surface area (Å²) >= 11 is 12.4. The van der Waals surface area contributed by atoms with Crippen LogP contribution in [0.2, 0.25) is 10.0 Å². The summed E-state index contributed by atoms with van der Waals surface area (Å²) in [6.45, 7) is 0. The van der Waals surface area contributed by atoms with E-state index in [4.69, 9.17) is 34.7 Å². The molecule has 0 radical (unpaired) electrons. The highest BCUT2D eigenvalue weighted by Crippen LogP contribution is 2.35. The number of anilines is 2. The van der Waals surface area contributed by atoms with Gasteiger partial charge in [0.15, 0.2) is 5.78 Å². The molecule has 0 aliphatic carbocycles. The lowest BCUT2D eigenvalue weighted by molar-refractivity contribution is 0.104. The van der Waals surface area contributed by atoms with Gasteiger partial charge in [0.25, 0.3) is 0 Å². The monoisotopic (exact) mass is 440 g/mol. The molecule has 0 bridgehead atoms. The van der Waals surface area contributed by atoms with E-state index in [-0.39, 0.29) is 5.78 Å². The van der Waals surface area contributed by atoms with Crippen molar-refractivity contribution < 1.29 is 4.79 Å². The predicted octanol–water partition coefficient (Wildman–Crippen LogP) is 4.19. The minimum atomic E-state index is -0.247. The lowest BCUT2D eigenvalue weighted by Gasteiger charge is -2.12. The highest BCUT2D eigenvalue weighted by molar-refractivity contribution is 6.32. The molecule has 9 heteroatoms. The van der Waals surface area contributed by atoms with E-state index in [9.17, 15) is 4.79 Å². The summed E-state index contributed by atoms with van der Waals surface area (Å²) in [4.78, 5) is 13.7. The lowest BCUT2D eigenvalue weighted by atomic mass is 9.92. The number of hydrogen-bond donors (Lipinski definition) is 2. The molecule has 4 aromatic rings. The first-order valence-corrected chi connectivity index (χ1v) is 9.73. The number of aryl methyl sites for hydroxylation is 2. The fraction of sp³-hybridized carbons (Fsp3) is 0.0952. The Kier molecular flexibility index (Phi) is 5.01. The van der Waals surface area contributed by atoms with Crippen molar-refractivity contribution in [1.82, 2.24) is 19.6 Å². The number of hydrogen-bond acceptors (Lipinski definition) is 5. The quantitative estimate of drug-likeness (QED) is 0.462. The molecule has 0 fully saturated rings. The Morgan fingerprint density at radius 3 is 1.53 bits per heavy atom. The minimum Gasteiger partial charge on any atom is -0.396 e. The Morgan fingerprint density at radius 1 is 0.800 bits per heavy atom. The van der Waals surface area contributed by atoms with Crippen molar-refractivity contribution in [2.45, 2.75) is 0 Å². The van der Waals surface area contributed by atoms with Crippen LogP contribution in [0.5, 0.6) is 0 Å². The SMILES string of the molecule is Cn1cc(N)c(-c2cc(Cl)ccc2C(=O)c2ccc(Cl)cc2-c2nn(C)cc2N)n1. The molecular weight excluding hydrogens is 423 g/mol. The van der Waals surface area contributed by atoms with E-state index in [1.807, 2.05) is 0 Å². The molecule has 0 aliphatic heterocycles. The molecule has 7 nitrogen and oxygen atoms in total. The Balaban J connectivity index is 1.92. The van der Waals surface area contributed by atoms with Gasteiger partial charge in [0.2, 0.25) is 0 Å². The van der Waals surface area contributed by atoms with Gasteiger partial charge in [-0.3, -0.25) is 14.2 Å². The Bertz CT molecular complexity index is 1190. The van der Waals surface area contributed by atoms with Gasteiger partial charge in [-0.1, -0.05) is 23.2 Å². The van der Waals surface area contributed by atoms with Crippen molar-refractivity contribution in [3.8, 4) is 22.5 Å². The smallest absolute Gasteiger partial charge is 0.194 e. The van der Waals surface area contributed by atoms with Crippen LogP contribution in [0.1, 0.15) is 15.9 Å². The molecule has 30 heavy (non-hydrogen) atoms. The van der Waals surface area contributed by atoms with Crippen molar-refractivity contribution in [1.29, 1.82) is 0 Å². The fourth-order valence-electron chi connectivity index (χ4n) is 3.40. The molecule has 0 spiro atoms.